The number of carbonyl (C=O) groups is 2. The normalized spacial score (nSPS) is 21.1. The monoisotopic (exact) mass is 427 g/mol. The van der Waals surface area contributed by atoms with Crippen LogP contribution in [0.4, 0.5) is 9.18 Å². The molecule has 0 radical (unpaired) electrons. The van der Waals surface area contributed by atoms with E-state index >= 15 is 0 Å². The van der Waals surface area contributed by atoms with Gasteiger partial charge in [-0.05, 0) is 54.8 Å². The van der Waals surface area contributed by atoms with Gasteiger partial charge in [0, 0.05) is 12.6 Å². The number of carbonyl (C=O) groups excluding carboxylic acids is 2. The largest absolute Gasteiger partial charge is 0.497 e. The van der Waals surface area contributed by atoms with Gasteiger partial charge in [-0.1, -0.05) is 12.1 Å². The van der Waals surface area contributed by atoms with Gasteiger partial charge in [-0.25, -0.2) is 9.18 Å². The first-order valence-electron chi connectivity index (χ1n) is 10.3. The van der Waals surface area contributed by atoms with Gasteiger partial charge in [0.1, 0.15) is 23.4 Å². The number of benzene rings is 2. The average Bonchev–Trinajstić information content (AvgIpc) is 2.80. The highest BCUT2D eigenvalue weighted by molar-refractivity contribution is 6.00. The van der Waals surface area contributed by atoms with E-state index in [1.54, 1.807) is 37.3 Å². The van der Waals surface area contributed by atoms with E-state index in [1.165, 1.54) is 17.0 Å². The van der Waals surface area contributed by atoms with Crippen molar-refractivity contribution in [2.24, 2.45) is 0 Å². The summed E-state index contributed by atoms with van der Waals surface area (Å²) in [5.41, 5.74) is 1.55. The van der Waals surface area contributed by atoms with E-state index in [0.29, 0.717) is 23.6 Å². The lowest BCUT2D eigenvalue weighted by Crippen LogP contribution is -2.68. The minimum absolute atomic E-state index is 0.0980. The number of hydrogen-bond donors (Lipinski definition) is 1. The number of halogens is 1. The van der Waals surface area contributed by atoms with Crippen molar-refractivity contribution in [3.63, 3.8) is 0 Å². The van der Waals surface area contributed by atoms with Crippen LogP contribution >= 0.6 is 0 Å². The number of piperidine rings is 1. The summed E-state index contributed by atoms with van der Waals surface area (Å²) in [5, 5.41) is 3.28. The van der Waals surface area contributed by atoms with Crippen molar-refractivity contribution in [2.45, 2.75) is 38.0 Å². The Morgan fingerprint density at radius 3 is 2.32 bits per heavy atom. The third-order valence-electron chi connectivity index (χ3n) is 5.85. The first-order valence-corrected chi connectivity index (χ1v) is 10.3. The fourth-order valence-electron chi connectivity index (χ4n) is 4.28. The van der Waals surface area contributed by atoms with E-state index in [2.05, 4.69) is 5.32 Å². The lowest BCUT2D eigenvalue weighted by Gasteiger charge is -2.47. The Hall–Kier alpha value is -3.13. The van der Waals surface area contributed by atoms with Crippen molar-refractivity contribution in [2.75, 3.05) is 20.8 Å². The maximum atomic E-state index is 13.4. The van der Waals surface area contributed by atoms with Crippen molar-refractivity contribution >= 4 is 11.9 Å². The molecule has 0 bridgehead atoms. The lowest BCUT2D eigenvalue weighted by molar-refractivity contribution is -0.137. The average molecular weight is 427 g/mol. The smallest absolute Gasteiger partial charge is 0.327 e. The van der Waals surface area contributed by atoms with E-state index in [9.17, 15) is 14.0 Å². The third-order valence-corrected chi connectivity index (χ3v) is 5.85. The van der Waals surface area contributed by atoms with Crippen molar-refractivity contribution in [1.29, 1.82) is 0 Å². The van der Waals surface area contributed by atoms with Crippen LogP contribution in [-0.4, -0.2) is 54.6 Å². The Labute approximate surface area is 180 Å². The molecule has 4 rings (SSSR count). The highest BCUT2D eigenvalue weighted by Crippen LogP contribution is 2.30. The van der Waals surface area contributed by atoms with Gasteiger partial charge in [-0.2, -0.15) is 0 Å². The molecule has 2 aromatic rings. The van der Waals surface area contributed by atoms with E-state index in [4.69, 9.17) is 9.47 Å². The van der Waals surface area contributed by atoms with Crippen LogP contribution < -0.4 is 14.8 Å². The number of nitrogens with zero attached hydrogens (tertiary/aromatic N) is 2. The van der Waals surface area contributed by atoms with E-state index in [-0.39, 0.29) is 30.3 Å². The van der Waals surface area contributed by atoms with Crippen LogP contribution in [0.25, 0.3) is 0 Å². The summed E-state index contributed by atoms with van der Waals surface area (Å²) >= 11 is 0. The standard InChI is InChI=1S/C23H26FN3O4/c1-30-18-10-16(11-19(12-18)31-2)14-26-20-4-3-9-25-21(20)22(28)27(23(26)29)13-15-5-7-17(24)8-6-15/h5-8,10-12,20-21,25H,3-4,9,13-14H2,1-2H3. The predicted octanol–water partition coefficient (Wildman–Crippen LogP) is 2.93. The second kappa shape index (κ2) is 8.93. The molecule has 2 unspecified atom stereocenters. The van der Waals surface area contributed by atoms with Crippen LogP contribution in [0.1, 0.15) is 24.0 Å². The summed E-state index contributed by atoms with van der Waals surface area (Å²) in [6.07, 6.45) is 1.64. The van der Waals surface area contributed by atoms with Crippen LogP contribution in [0.2, 0.25) is 0 Å². The lowest BCUT2D eigenvalue weighted by atomic mass is 9.92. The third kappa shape index (κ3) is 4.34. The van der Waals surface area contributed by atoms with Crippen molar-refractivity contribution in [3.8, 4) is 11.5 Å². The van der Waals surface area contributed by atoms with Gasteiger partial charge in [-0.15, -0.1) is 0 Å². The number of urea groups is 1. The van der Waals surface area contributed by atoms with E-state index in [0.717, 1.165) is 24.9 Å². The summed E-state index contributed by atoms with van der Waals surface area (Å²) in [6, 6.07) is 10.3. The molecule has 164 valence electrons. The number of imide groups is 1. The van der Waals surface area contributed by atoms with Crippen LogP contribution in [0.3, 0.4) is 0 Å². The maximum absolute atomic E-state index is 13.4. The topological polar surface area (TPSA) is 71.1 Å². The number of fused-ring (bicyclic) bond motifs is 1. The molecule has 2 aliphatic rings. The number of rotatable bonds is 6. The molecule has 0 aliphatic carbocycles. The Bertz CT molecular complexity index is 944. The van der Waals surface area contributed by atoms with Crippen molar-refractivity contribution in [3.05, 3.63) is 59.4 Å². The fraction of sp³-hybridized carbons (Fsp3) is 0.391. The molecular weight excluding hydrogens is 401 g/mol. The van der Waals surface area contributed by atoms with Crippen LogP contribution in [0, 0.1) is 5.82 Å². The second-order valence-electron chi connectivity index (χ2n) is 7.82. The Balaban J connectivity index is 1.64. The zero-order valence-corrected chi connectivity index (χ0v) is 17.6. The van der Waals surface area contributed by atoms with Crippen LogP contribution in [0.5, 0.6) is 11.5 Å². The summed E-state index contributed by atoms with van der Waals surface area (Å²) < 4.78 is 24.0. The summed E-state index contributed by atoms with van der Waals surface area (Å²) in [5.74, 6) is 0.675. The quantitative estimate of drug-likeness (QED) is 0.768. The van der Waals surface area contributed by atoms with Crippen molar-refractivity contribution in [1.82, 2.24) is 15.1 Å². The molecule has 2 heterocycles. The molecule has 8 heteroatoms. The van der Waals surface area contributed by atoms with Gasteiger partial charge >= 0.3 is 6.03 Å². The minimum atomic E-state index is -0.459. The SMILES string of the molecule is COc1cc(CN2C(=O)N(Cc3ccc(F)cc3)C(=O)C3NCCCC32)cc(OC)c1. The van der Waals surface area contributed by atoms with Gasteiger partial charge in [-0.3, -0.25) is 9.69 Å². The number of methoxy groups -OCH3 is 2. The van der Waals surface area contributed by atoms with Crippen LogP contribution in [-0.2, 0) is 17.9 Å². The number of nitrogens with one attached hydrogen (secondary N) is 1. The van der Waals surface area contributed by atoms with Gasteiger partial charge in [0.2, 0.25) is 5.91 Å². The van der Waals surface area contributed by atoms with Gasteiger partial charge in [0.25, 0.3) is 0 Å². The highest BCUT2D eigenvalue weighted by Gasteiger charge is 2.47. The Kier molecular flexibility index (Phi) is 6.08. The molecule has 31 heavy (non-hydrogen) atoms. The first kappa shape index (κ1) is 21.1. The van der Waals surface area contributed by atoms with E-state index in [1.807, 2.05) is 12.1 Å². The molecule has 2 fully saturated rings. The predicted molar refractivity (Wildman–Crippen MR) is 112 cm³/mol. The Morgan fingerprint density at radius 1 is 1.00 bits per heavy atom. The molecule has 7 nitrogen and oxygen atoms in total. The molecular formula is C23H26FN3O4. The van der Waals surface area contributed by atoms with Crippen LogP contribution in [0.15, 0.2) is 42.5 Å². The molecule has 2 aromatic carbocycles. The zero-order valence-electron chi connectivity index (χ0n) is 17.6. The number of amides is 3. The highest BCUT2D eigenvalue weighted by atomic mass is 19.1. The molecule has 0 aromatic heterocycles. The van der Waals surface area contributed by atoms with E-state index < -0.39 is 6.04 Å². The molecule has 2 aliphatic heterocycles. The van der Waals surface area contributed by atoms with Gasteiger partial charge in [0.15, 0.2) is 0 Å². The summed E-state index contributed by atoms with van der Waals surface area (Å²) in [6.45, 7) is 1.15. The maximum Gasteiger partial charge on any atom is 0.327 e. The molecule has 0 spiro atoms. The molecule has 1 N–H and O–H groups in total. The fourth-order valence-corrected chi connectivity index (χ4v) is 4.28. The zero-order chi connectivity index (χ0) is 22.0. The van der Waals surface area contributed by atoms with Gasteiger partial charge in [0.05, 0.1) is 26.8 Å². The number of ether oxygens (including phenoxy) is 2. The minimum Gasteiger partial charge on any atom is -0.497 e. The second-order valence-corrected chi connectivity index (χ2v) is 7.82. The summed E-state index contributed by atoms with van der Waals surface area (Å²) in [4.78, 5) is 29.6. The molecule has 0 saturated carbocycles. The summed E-state index contributed by atoms with van der Waals surface area (Å²) in [7, 11) is 3.16. The van der Waals surface area contributed by atoms with Crippen molar-refractivity contribution < 1.29 is 23.5 Å². The first-order chi connectivity index (χ1) is 15.0. The molecule has 2 atom stereocenters. The Morgan fingerprint density at radius 2 is 1.68 bits per heavy atom. The molecule has 2 saturated heterocycles. The number of hydrogen-bond acceptors (Lipinski definition) is 5. The van der Waals surface area contributed by atoms with Gasteiger partial charge < -0.3 is 19.7 Å². The molecule has 3 amide bonds.